The summed E-state index contributed by atoms with van der Waals surface area (Å²) in [6.45, 7) is 11.3. The van der Waals surface area contributed by atoms with Crippen molar-refractivity contribution in [3.05, 3.63) is 130 Å². The van der Waals surface area contributed by atoms with Gasteiger partial charge < -0.3 is 9.47 Å². The number of hydrogen-bond donors (Lipinski definition) is 0. The van der Waals surface area contributed by atoms with E-state index in [2.05, 4.69) is 52.0 Å². The lowest BCUT2D eigenvalue weighted by atomic mass is 10.0. The van der Waals surface area contributed by atoms with Gasteiger partial charge in [0.05, 0.1) is 11.1 Å². The van der Waals surface area contributed by atoms with Crippen LogP contribution in [0.2, 0.25) is 0 Å². The van der Waals surface area contributed by atoms with Gasteiger partial charge in [-0.2, -0.15) is 0 Å². The SMILES string of the molecule is CC(C)=CCC/C(C)=C/CC/C(C)=C/CC/C(=C/CC/C(C)=C/COC(=O)c1ccccc1)COC(=O)c1ccccc1. The quantitative estimate of drug-likeness (QED) is 0.130. The Labute approximate surface area is 259 Å². The highest BCUT2D eigenvalue weighted by atomic mass is 16.5. The molecule has 0 aliphatic heterocycles. The smallest absolute Gasteiger partial charge is 0.338 e. The lowest BCUT2D eigenvalue weighted by Gasteiger charge is -2.10. The molecular formula is C39H50O4. The van der Waals surface area contributed by atoms with Crippen molar-refractivity contribution in [3.8, 4) is 0 Å². The molecule has 0 saturated heterocycles. The Morgan fingerprint density at radius 3 is 1.51 bits per heavy atom. The molecule has 0 N–H and O–H groups in total. The van der Waals surface area contributed by atoms with Gasteiger partial charge in [-0.25, -0.2) is 9.59 Å². The maximum Gasteiger partial charge on any atom is 0.338 e. The molecule has 4 nitrogen and oxygen atoms in total. The van der Waals surface area contributed by atoms with Crippen LogP contribution in [-0.4, -0.2) is 25.2 Å². The zero-order valence-electron chi connectivity index (χ0n) is 26.9. The fraction of sp³-hybridized carbons (Fsp3) is 0.385. The molecule has 0 spiro atoms. The summed E-state index contributed by atoms with van der Waals surface area (Å²) in [4.78, 5) is 24.7. The lowest BCUT2D eigenvalue weighted by molar-refractivity contribution is 0.0532. The third kappa shape index (κ3) is 16.3. The Kier molecular flexibility index (Phi) is 17.1. The van der Waals surface area contributed by atoms with Gasteiger partial charge in [0.15, 0.2) is 0 Å². The topological polar surface area (TPSA) is 52.6 Å². The summed E-state index contributed by atoms with van der Waals surface area (Å²) in [7, 11) is 0. The zero-order chi connectivity index (χ0) is 31.3. The number of ether oxygens (including phenoxy) is 2. The van der Waals surface area contributed by atoms with E-state index in [0.717, 1.165) is 62.5 Å². The van der Waals surface area contributed by atoms with Crippen molar-refractivity contribution in [1.82, 2.24) is 0 Å². The van der Waals surface area contributed by atoms with Crippen molar-refractivity contribution in [1.29, 1.82) is 0 Å². The second kappa shape index (κ2) is 20.9. The zero-order valence-corrected chi connectivity index (χ0v) is 26.9. The lowest BCUT2D eigenvalue weighted by Crippen LogP contribution is -2.08. The van der Waals surface area contributed by atoms with Crippen LogP contribution >= 0.6 is 0 Å². The third-order valence-electron chi connectivity index (χ3n) is 7.11. The Morgan fingerprint density at radius 1 is 0.535 bits per heavy atom. The first kappa shape index (κ1) is 35.3. The summed E-state index contributed by atoms with van der Waals surface area (Å²) in [5.41, 5.74) is 7.60. The largest absolute Gasteiger partial charge is 0.458 e. The molecule has 43 heavy (non-hydrogen) atoms. The van der Waals surface area contributed by atoms with Crippen molar-refractivity contribution < 1.29 is 19.1 Å². The minimum atomic E-state index is -0.318. The van der Waals surface area contributed by atoms with Crippen LogP contribution in [0.15, 0.2) is 119 Å². The highest BCUT2D eigenvalue weighted by Crippen LogP contribution is 2.16. The second-order valence-corrected chi connectivity index (χ2v) is 11.4. The van der Waals surface area contributed by atoms with E-state index >= 15 is 0 Å². The van der Waals surface area contributed by atoms with E-state index in [1.54, 1.807) is 24.3 Å². The average molecular weight is 583 g/mol. The maximum atomic E-state index is 12.5. The molecule has 0 amide bonds. The normalized spacial score (nSPS) is 12.6. The molecule has 2 rings (SSSR count). The van der Waals surface area contributed by atoms with Crippen molar-refractivity contribution in [2.75, 3.05) is 13.2 Å². The first-order valence-electron chi connectivity index (χ1n) is 15.5. The van der Waals surface area contributed by atoms with Crippen LogP contribution in [0.5, 0.6) is 0 Å². The predicted molar refractivity (Wildman–Crippen MR) is 179 cm³/mol. The van der Waals surface area contributed by atoms with Crippen molar-refractivity contribution in [2.24, 2.45) is 0 Å². The van der Waals surface area contributed by atoms with E-state index in [1.165, 1.54) is 16.7 Å². The van der Waals surface area contributed by atoms with E-state index < -0.39 is 0 Å². The molecule has 0 heterocycles. The number of hydrogen-bond acceptors (Lipinski definition) is 4. The fourth-order valence-corrected chi connectivity index (χ4v) is 4.42. The Bertz CT molecular complexity index is 1270. The van der Waals surface area contributed by atoms with Gasteiger partial charge >= 0.3 is 11.9 Å². The molecular weight excluding hydrogens is 532 g/mol. The summed E-state index contributed by atoms with van der Waals surface area (Å²) in [6.07, 6.45) is 18.9. The molecule has 2 aromatic rings. The molecule has 2 aromatic carbocycles. The minimum absolute atomic E-state index is 0.249. The van der Waals surface area contributed by atoms with Gasteiger partial charge in [-0.15, -0.1) is 0 Å². The summed E-state index contributed by atoms with van der Waals surface area (Å²) in [5.74, 6) is -0.623. The van der Waals surface area contributed by atoms with Crippen LogP contribution in [0.4, 0.5) is 0 Å². The van der Waals surface area contributed by atoms with Crippen LogP contribution in [0.1, 0.15) is 107 Å². The van der Waals surface area contributed by atoms with Gasteiger partial charge in [0.1, 0.15) is 13.2 Å². The van der Waals surface area contributed by atoms with Gasteiger partial charge in [0.25, 0.3) is 0 Å². The van der Waals surface area contributed by atoms with Gasteiger partial charge in [-0.3, -0.25) is 0 Å². The van der Waals surface area contributed by atoms with Gasteiger partial charge in [0, 0.05) is 0 Å². The van der Waals surface area contributed by atoms with Crippen LogP contribution in [0.25, 0.3) is 0 Å². The summed E-state index contributed by atoms with van der Waals surface area (Å²) < 4.78 is 11.0. The average Bonchev–Trinajstić information content (AvgIpc) is 3.00. The monoisotopic (exact) mass is 582 g/mol. The first-order chi connectivity index (χ1) is 20.7. The van der Waals surface area contributed by atoms with E-state index in [-0.39, 0.29) is 25.2 Å². The number of allylic oxidation sites excluding steroid dienone is 8. The van der Waals surface area contributed by atoms with E-state index in [9.17, 15) is 9.59 Å². The number of benzene rings is 2. The molecule has 0 bridgehead atoms. The van der Waals surface area contributed by atoms with E-state index in [0.29, 0.717) is 11.1 Å². The fourth-order valence-electron chi connectivity index (χ4n) is 4.42. The van der Waals surface area contributed by atoms with Crippen LogP contribution < -0.4 is 0 Å². The highest BCUT2D eigenvalue weighted by molar-refractivity contribution is 5.89. The third-order valence-corrected chi connectivity index (χ3v) is 7.11. The molecule has 0 saturated carbocycles. The Morgan fingerprint density at radius 2 is 0.977 bits per heavy atom. The summed E-state index contributed by atoms with van der Waals surface area (Å²) in [6, 6.07) is 18.1. The van der Waals surface area contributed by atoms with Crippen molar-refractivity contribution in [3.63, 3.8) is 0 Å². The Balaban J connectivity index is 1.88. The Hall–Kier alpha value is -3.92. The van der Waals surface area contributed by atoms with E-state index in [1.807, 2.05) is 49.4 Å². The molecule has 4 heteroatoms. The minimum Gasteiger partial charge on any atom is -0.458 e. The maximum absolute atomic E-state index is 12.5. The van der Waals surface area contributed by atoms with Crippen LogP contribution in [0, 0.1) is 0 Å². The van der Waals surface area contributed by atoms with Gasteiger partial charge in [0.2, 0.25) is 0 Å². The standard InChI is InChI=1S/C39H50O4/c1-31(2)16-12-17-32(3)18-13-19-33(4)20-14-22-35(30-43-39(41)37-26-10-7-11-27-37)23-15-21-34(5)28-29-42-38(40)36-24-8-6-9-25-36/h6-11,16,18,20,23-28H,12-15,17,19,21-22,29-30H2,1-5H3/b32-18+,33-20+,34-28+,35-23-. The van der Waals surface area contributed by atoms with Crippen LogP contribution in [-0.2, 0) is 9.47 Å². The number of carbonyl (C=O) groups excluding carboxylic acids is 2. The van der Waals surface area contributed by atoms with Crippen LogP contribution in [0.3, 0.4) is 0 Å². The van der Waals surface area contributed by atoms with Gasteiger partial charge in [-0.05, 0) is 122 Å². The predicted octanol–water partition coefficient (Wildman–Crippen LogP) is 10.6. The number of carbonyl (C=O) groups is 2. The molecule has 0 fully saturated rings. The van der Waals surface area contributed by atoms with Crippen molar-refractivity contribution in [2.45, 2.75) is 86.0 Å². The first-order valence-corrected chi connectivity index (χ1v) is 15.5. The molecule has 0 aliphatic carbocycles. The van der Waals surface area contributed by atoms with E-state index in [4.69, 9.17) is 9.47 Å². The van der Waals surface area contributed by atoms with Gasteiger partial charge in [-0.1, -0.05) is 83.0 Å². The summed E-state index contributed by atoms with van der Waals surface area (Å²) >= 11 is 0. The highest BCUT2D eigenvalue weighted by Gasteiger charge is 2.08. The molecule has 0 unspecified atom stereocenters. The van der Waals surface area contributed by atoms with Crippen molar-refractivity contribution >= 4 is 11.9 Å². The number of esters is 2. The molecule has 0 aliphatic rings. The molecule has 0 aromatic heterocycles. The molecule has 0 radical (unpaired) electrons. The summed E-state index contributed by atoms with van der Waals surface area (Å²) in [5, 5.41) is 0. The second-order valence-electron chi connectivity index (χ2n) is 11.4. The number of rotatable bonds is 18. The molecule has 0 atom stereocenters. The molecule has 230 valence electrons.